The van der Waals surface area contributed by atoms with Crippen LogP contribution in [0.3, 0.4) is 0 Å². The summed E-state index contributed by atoms with van der Waals surface area (Å²) in [7, 11) is 0. The fourth-order valence-corrected chi connectivity index (χ4v) is 3.60. The molecule has 170 valence electrons. The molecule has 0 bridgehead atoms. The van der Waals surface area contributed by atoms with Gasteiger partial charge in [-0.05, 0) is 44.4 Å². The van der Waals surface area contributed by atoms with E-state index in [-0.39, 0.29) is 24.0 Å². The molecule has 0 radical (unpaired) electrons. The van der Waals surface area contributed by atoms with Crippen LogP contribution < -0.4 is 15.5 Å². The van der Waals surface area contributed by atoms with Gasteiger partial charge in [0.2, 0.25) is 5.95 Å². The third-order valence-corrected chi connectivity index (χ3v) is 5.23. The van der Waals surface area contributed by atoms with Crippen LogP contribution in [0.5, 0.6) is 0 Å². The van der Waals surface area contributed by atoms with Gasteiger partial charge in [-0.3, -0.25) is 9.89 Å². The second-order valence-corrected chi connectivity index (χ2v) is 7.51. The Kier molecular flexibility index (Phi) is 12.2. The van der Waals surface area contributed by atoms with E-state index in [9.17, 15) is 0 Å². The van der Waals surface area contributed by atoms with Crippen LogP contribution >= 0.6 is 24.0 Å². The largest absolute Gasteiger partial charge is 0.357 e. The second-order valence-electron chi connectivity index (χ2n) is 7.51. The zero-order chi connectivity index (χ0) is 20.9. The first-order valence-electron chi connectivity index (χ1n) is 11.2. The summed E-state index contributed by atoms with van der Waals surface area (Å²) in [6.07, 6.45) is 6.87. The molecule has 0 atom stereocenters. The van der Waals surface area contributed by atoms with E-state index in [1.54, 1.807) is 0 Å². The van der Waals surface area contributed by atoms with E-state index in [2.05, 4.69) is 67.7 Å². The van der Waals surface area contributed by atoms with Crippen LogP contribution in [0.15, 0.2) is 53.8 Å². The average Bonchev–Trinajstić information content (AvgIpc) is 2.81. The van der Waals surface area contributed by atoms with Crippen molar-refractivity contribution in [2.45, 2.75) is 26.2 Å². The summed E-state index contributed by atoms with van der Waals surface area (Å²) in [5.74, 6) is 1.77. The van der Waals surface area contributed by atoms with Gasteiger partial charge in [-0.15, -0.1) is 24.0 Å². The average molecular weight is 537 g/mol. The zero-order valence-corrected chi connectivity index (χ0v) is 20.9. The summed E-state index contributed by atoms with van der Waals surface area (Å²) >= 11 is 0. The van der Waals surface area contributed by atoms with Gasteiger partial charge < -0.3 is 15.5 Å². The Morgan fingerprint density at radius 2 is 1.71 bits per heavy atom. The van der Waals surface area contributed by atoms with Gasteiger partial charge in [0.1, 0.15) is 0 Å². The van der Waals surface area contributed by atoms with Gasteiger partial charge in [-0.25, -0.2) is 9.97 Å². The molecule has 1 aliphatic rings. The molecule has 1 aromatic carbocycles. The molecule has 2 heterocycles. The molecule has 1 fully saturated rings. The van der Waals surface area contributed by atoms with Crippen molar-refractivity contribution in [1.29, 1.82) is 0 Å². The third kappa shape index (κ3) is 9.39. The van der Waals surface area contributed by atoms with Crippen LogP contribution in [0.1, 0.15) is 25.3 Å². The molecular weight excluding hydrogens is 501 g/mol. The molecule has 0 saturated carbocycles. The van der Waals surface area contributed by atoms with Crippen molar-refractivity contribution in [2.24, 2.45) is 4.99 Å². The monoisotopic (exact) mass is 537 g/mol. The Bertz CT molecular complexity index is 734. The van der Waals surface area contributed by atoms with Crippen LogP contribution in [-0.4, -0.2) is 73.2 Å². The van der Waals surface area contributed by atoms with Gasteiger partial charge in [0.25, 0.3) is 0 Å². The van der Waals surface area contributed by atoms with Crippen molar-refractivity contribution in [3.63, 3.8) is 0 Å². The maximum absolute atomic E-state index is 4.72. The van der Waals surface area contributed by atoms with Crippen molar-refractivity contribution < 1.29 is 0 Å². The van der Waals surface area contributed by atoms with E-state index >= 15 is 0 Å². The number of nitrogens with zero attached hydrogens (tertiary/aromatic N) is 5. The number of hydrogen-bond acceptors (Lipinski definition) is 5. The maximum atomic E-state index is 4.72. The number of aliphatic imine (C=N–C) groups is 1. The summed E-state index contributed by atoms with van der Waals surface area (Å²) in [5, 5.41) is 6.82. The number of aryl methyl sites for hydroxylation is 1. The fourth-order valence-electron chi connectivity index (χ4n) is 3.60. The highest BCUT2D eigenvalue weighted by molar-refractivity contribution is 14.0. The molecule has 0 aliphatic carbocycles. The molecule has 0 spiro atoms. The van der Waals surface area contributed by atoms with Crippen molar-refractivity contribution in [1.82, 2.24) is 25.5 Å². The highest BCUT2D eigenvalue weighted by Gasteiger charge is 2.18. The Labute approximate surface area is 203 Å². The standard InChI is InChI=1S/C23H35N7.HI/c1-2-24-22(25-12-6-11-21-9-4-3-5-10-21)26-15-8-16-29-17-19-30(20-18-29)23-27-13-7-14-28-23;/h3-5,7,9-10,13-14H,2,6,8,11-12,15-20H2,1H3,(H2,24,25,26);1H. The van der Waals surface area contributed by atoms with E-state index in [4.69, 9.17) is 4.99 Å². The molecule has 1 aliphatic heterocycles. The lowest BCUT2D eigenvalue weighted by Crippen LogP contribution is -2.47. The lowest BCUT2D eigenvalue weighted by atomic mass is 10.1. The highest BCUT2D eigenvalue weighted by Crippen LogP contribution is 2.09. The summed E-state index contributed by atoms with van der Waals surface area (Å²) < 4.78 is 0. The van der Waals surface area contributed by atoms with Gasteiger partial charge in [-0.2, -0.15) is 0 Å². The number of piperazine rings is 1. The minimum atomic E-state index is 0. The van der Waals surface area contributed by atoms with Gasteiger partial charge in [-0.1, -0.05) is 30.3 Å². The minimum absolute atomic E-state index is 0. The summed E-state index contributed by atoms with van der Waals surface area (Å²) in [6.45, 7) is 9.97. The number of anilines is 1. The number of aromatic nitrogens is 2. The predicted molar refractivity (Wildman–Crippen MR) is 139 cm³/mol. The smallest absolute Gasteiger partial charge is 0.225 e. The first-order valence-corrected chi connectivity index (χ1v) is 11.2. The number of benzene rings is 1. The number of hydrogen-bond donors (Lipinski definition) is 2. The van der Waals surface area contributed by atoms with Crippen LogP contribution in [0, 0.1) is 0 Å². The number of halogens is 1. The van der Waals surface area contributed by atoms with Gasteiger partial charge in [0.15, 0.2) is 5.96 Å². The van der Waals surface area contributed by atoms with E-state index in [1.165, 1.54) is 5.56 Å². The van der Waals surface area contributed by atoms with E-state index in [0.717, 1.165) is 83.5 Å². The second kappa shape index (κ2) is 15.0. The molecule has 0 amide bonds. The number of guanidine groups is 1. The lowest BCUT2D eigenvalue weighted by Gasteiger charge is -2.34. The number of nitrogens with one attached hydrogen (secondary N) is 2. The summed E-state index contributed by atoms with van der Waals surface area (Å²) in [5.41, 5.74) is 1.38. The first kappa shape index (κ1) is 25.3. The summed E-state index contributed by atoms with van der Waals surface area (Å²) in [6, 6.07) is 12.5. The number of rotatable bonds is 10. The molecule has 1 aromatic heterocycles. The molecule has 0 unspecified atom stereocenters. The molecule has 3 rings (SSSR count). The van der Waals surface area contributed by atoms with Gasteiger partial charge >= 0.3 is 0 Å². The minimum Gasteiger partial charge on any atom is -0.357 e. The summed E-state index contributed by atoms with van der Waals surface area (Å²) in [4.78, 5) is 18.2. The van der Waals surface area contributed by atoms with Crippen molar-refractivity contribution >= 4 is 35.9 Å². The van der Waals surface area contributed by atoms with Crippen LogP contribution in [0.25, 0.3) is 0 Å². The van der Waals surface area contributed by atoms with Crippen LogP contribution in [0.2, 0.25) is 0 Å². The molecule has 2 aromatic rings. The van der Waals surface area contributed by atoms with Gasteiger partial charge in [0.05, 0.1) is 0 Å². The van der Waals surface area contributed by atoms with Crippen molar-refractivity contribution in [3.8, 4) is 0 Å². The lowest BCUT2D eigenvalue weighted by molar-refractivity contribution is 0.254. The van der Waals surface area contributed by atoms with Crippen molar-refractivity contribution in [2.75, 3.05) is 57.3 Å². The molecule has 31 heavy (non-hydrogen) atoms. The Hall–Kier alpha value is -1.94. The maximum Gasteiger partial charge on any atom is 0.225 e. The van der Waals surface area contributed by atoms with E-state index < -0.39 is 0 Å². The van der Waals surface area contributed by atoms with Crippen LogP contribution in [0.4, 0.5) is 5.95 Å². The van der Waals surface area contributed by atoms with E-state index in [1.807, 2.05) is 18.5 Å². The Balaban J connectivity index is 0.00000341. The van der Waals surface area contributed by atoms with E-state index in [0.29, 0.717) is 0 Å². The normalized spacial score (nSPS) is 14.7. The van der Waals surface area contributed by atoms with Crippen LogP contribution in [-0.2, 0) is 6.42 Å². The molecular formula is C23H36IN7. The predicted octanol–water partition coefficient (Wildman–Crippen LogP) is 2.79. The molecule has 2 N–H and O–H groups in total. The Morgan fingerprint density at radius 3 is 2.42 bits per heavy atom. The highest BCUT2D eigenvalue weighted by atomic mass is 127. The quantitative estimate of drug-likeness (QED) is 0.210. The Morgan fingerprint density at radius 1 is 0.968 bits per heavy atom. The fraction of sp³-hybridized carbons (Fsp3) is 0.522. The van der Waals surface area contributed by atoms with Gasteiger partial charge in [0, 0.05) is 58.2 Å². The third-order valence-electron chi connectivity index (χ3n) is 5.23. The topological polar surface area (TPSA) is 68.7 Å². The van der Waals surface area contributed by atoms with Crippen molar-refractivity contribution in [3.05, 3.63) is 54.4 Å². The molecule has 8 heteroatoms. The SMILES string of the molecule is CCNC(=NCCCc1ccccc1)NCCCN1CCN(c2ncccn2)CC1.I. The molecule has 1 saturated heterocycles. The first-order chi connectivity index (χ1) is 14.8. The zero-order valence-electron chi connectivity index (χ0n) is 18.5. The molecule has 7 nitrogen and oxygen atoms in total.